The molecule has 1 aromatic carbocycles. The van der Waals surface area contributed by atoms with Crippen molar-refractivity contribution in [3.8, 4) is 0 Å². The summed E-state index contributed by atoms with van der Waals surface area (Å²) >= 11 is 0. The van der Waals surface area contributed by atoms with Crippen LogP contribution in [0.5, 0.6) is 0 Å². The fraction of sp³-hybridized carbons (Fsp3) is 0.273. The number of benzene rings is 1. The lowest BCUT2D eigenvalue weighted by Crippen LogP contribution is -2.26. The molecule has 1 aromatic rings. The molecule has 0 radical (unpaired) electrons. The Hall–Kier alpha value is -1.92. The van der Waals surface area contributed by atoms with E-state index < -0.39 is 47.9 Å². The molecule has 0 aliphatic carbocycles. The molecule has 1 amide bonds. The van der Waals surface area contributed by atoms with Crippen LogP contribution >= 0.6 is 0 Å². The second-order valence-corrected chi connectivity index (χ2v) is 3.83. The van der Waals surface area contributed by atoms with Crippen molar-refractivity contribution in [1.29, 1.82) is 0 Å². The molecule has 0 spiro atoms. The minimum atomic E-state index is -4.84. The van der Waals surface area contributed by atoms with Gasteiger partial charge in [-0.3, -0.25) is 9.59 Å². The number of rotatable bonds is 1. The Balaban J connectivity index is 2.47. The lowest BCUT2D eigenvalue weighted by atomic mass is 10.1. The maximum atomic E-state index is 13.7. The molecule has 0 N–H and O–H groups in total. The summed E-state index contributed by atoms with van der Waals surface area (Å²) in [7, 11) is 0. The van der Waals surface area contributed by atoms with Gasteiger partial charge in [-0.05, 0) is 12.1 Å². The number of Topliss-reactive ketones (excluding diaryl/α,β-unsaturated/α-hetero) is 1. The summed E-state index contributed by atoms with van der Waals surface area (Å²) in [5, 5.41) is 0. The van der Waals surface area contributed by atoms with E-state index in [1.807, 2.05) is 0 Å². The molecule has 0 atom stereocenters. The average molecular weight is 261 g/mol. The van der Waals surface area contributed by atoms with Crippen LogP contribution in [0.1, 0.15) is 12.0 Å². The average Bonchev–Trinajstić information content (AvgIpc) is 2.56. The Kier molecular flexibility index (Phi) is 2.84. The molecule has 0 saturated carbocycles. The van der Waals surface area contributed by atoms with Crippen molar-refractivity contribution in [3.05, 3.63) is 29.6 Å². The topological polar surface area (TPSA) is 37.4 Å². The first-order valence-corrected chi connectivity index (χ1v) is 4.98. The molecule has 1 saturated heterocycles. The van der Waals surface area contributed by atoms with Crippen molar-refractivity contribution in [2.45, 2.75) is 12.6 Å². The summed E-state index contributed by atoms with van der Waals surface area (Å²) in [6.07, 6.45) is -5.25. The number of nitrogens with zero attached hydrogens (tertiary/aromatic N) is 1. The van der Waals surface area contributed by atoms with Gasteiger partial charge in [-0.2, -0.15) is 13.2 Å². The first-order chi connectivity index (χ1) is 8.30. The summed E-state index contributed by atoms with van der Waals surface area (Å²) in [5.41, 5.74) is -1.96. The number of alkyl halides is 3. The van der Waals surface area contributed by atoms with Crippen LogP contribution in [-0.4, -0.2) is 18.2 Å². The Morgan fingerprint density at radius 1 is 1.17 bits per heavy atom. The Morgan fingerprint density at radius 2 is 1.83 bits per heavy atom. The summed E-state index contributed by atoms with van der Waals surface area (Å²) in [4.78, 5) is 23.1. The van der Waals surface area contributed by atoms with E-state index in [4.69, 9.17) is 0 Å². The highest BCUT2D eigenvalue weighted by Gasteiger charge is 2.37. The number of anilines is 1. The van der Waals surface area contributed by atoms with Crippen molar-refractivity contribution in [2.24, 2.45) is 0 Å². The molecule has 0 bridgehead atoms. The van der Waals surface area contributed by atoms with Crippen molar-refractivity contribution in [2.75, 3.05) is 11.4 Å². The summed E-state index contributed by atoms with van der Waals surface area (Å²) < 4.78 is 51.1. The van der Waals surface area contributed by atoms with Gasteiger partial charge < -0.3 is 4.90 Å². The Bertz CT molecular complexity index is 524. The van der Waals surface area contributed by atoms with Crippen LogP contribution in [0, 0.1) is 5.82 Å². The van der Waals surface area contributed by atoms with Crippen LogP contribution in [0.15, 0.2) is 18.2 Å². The van der Waals surface area contributed by atoms with Crippen LogP contribution < -0.4 is 4.90 Å². The van der Waals surface area contributed by atoms with Gasteiger partial charge in [0.15, 0.2) is 11.6 Å². The number of halogens is 4. The molecule has 18 heavy (non-hydrogen) atoms. The smallest absolute Gasteiger partial charge is 0.302 e. The molecular formula is C11H7F4NO2. The minimum Gasteiger partial charge on any atom is -0.302 e. The predicted octanol–water partition coefficient (Wildman–Crippen LogP) is 2.15. The van der Waals surface area contributed by atoms with Crippen LogP contribution in [0.25, 0.3) is 0 Å². The fourth-order valence-corrected chi connectivity index (χ4v) is 1.75. The zero-order valence-corrected chi connectivity index (χ0v) is 8.92. The third kappa shape index (κ3) is 2.07. The van der Waals surface area contributed by atoms with Crippen molar-refractivity contribution < 1.29 is 27.2 Å². The first-order valence-electron chi connectivity index (χ1n) is 4.98. The largest absolute Gasteiger partial charge is 0.419 e. The fourth-order valence-electron chi connectivity index (χ4n) is 1.75. The molecule has 7 heteroatoms. The molecule has 1 fully saturated rings. The molecule has 1 heterocycles. The SMILES string of the molecule is O=C1CC(=O)N(c2cccc(C(F)(F)F)c2F)C1. The maximum absolute atomic E-state index is 13.7. The number of amides is 1. The third-order valence-electron chi connectivity index (χ3n) is 2.56. The summed E-state index contributed by atoms with van der Waals surface area (Å²) in [6, 6.07) is 2.62. The molecule has 0 unspecified atom stereocenters. The predicted molar refractivity (Wildman–Crippen MR) is 53.4 cm³/mol. The van der Waals surface area contributed by atoms with Crippen LogP contribution in [0.4, 0.5) is 23.2 Å². The number of carbonyl (C=O) groups is 2. The van der Waals surface area contributed by atoms with E-state index in [1.54, 1.807) is 0 Å². The second-order valence-electron chi connectivity index (χ2n) is 3.83. The highest BCUT2D eigenvalue weighted by Crippen LogP contribution is 2.35. The summed E-state index contributed by atoms with van der Waals surface area (Å²) in [5.74, 6) is -2.68. The molecule has 0 aromatic heterocycles. The molecule has 96 valence electrons. The third-order valence-corrected chi connectivity index (χ3v) is 2.56. The van der Waals surface area contributed by atoms with Crippen LogP contribution in [0.2, 0.25) is 0 Å². The van der Waals surface area contributed by atoms with Crippen molar-refractivity contribution >= 4 is 17.4 Å². The van der Waals surface area contributed by atoms with E-state index in [1.165, 1.54) is 0 Å². The van der Waals surface area contributed by atoms with Gasteiger partial charge in [0, 0.05) is 0 Å². The quantitative estimate of drug-likeness (QED) is 0.573. The van der Waals surface area contributed by atoms with Gasteiger partial charge in [-0.1, -0.05) is 6.07 Å². The van der Waals surface area contributed by atoms with Gasteiger partial charge in [0.05, 0.1) is 24.2 Å². The standard InChI is InChI=1S/C11H7F4NO2/c12-10-7(11(13,14)15)2-1-3-8(10)16-5-6(17)4-9(16)18/h1-3H,4-5H2. The van der Waals surface area contributed by atoms with E-state index in [9.17, 15) is 27.2 Å². The van der Waals surface area contributed by atoms with Crippen LogP contribution in [-0.2, 0) is 15.8 Å². The number of hydrogen-bond donors (Lipinski definition) is 0. The van der Waals surface area contributed by atoms with E-state index >= 15 is 0 Å². The Labute approximate surface area is 99.0 Å². The zero-order chi connectivity index (χ0) is 13.5. The highest BCUT2D eigenvalue weighted by atomic mass is 19.4. The van der Waals surface area contributed by atoms with Gasteiger partial charge in [0.25, 0.3) is 0 Å². The highest BCUT2D eigenvalue weighted by molar-refractivity contribution is 6.15. The maximum Gasteiger partial charge on any atom is 0.419 e. The Morgan fingerprint density at radius 3 is 2.33 bits per heavy atom. The lowest BCUT2D eigenvalue weighted by molar-refractivity contribution is -0.140. The zero-order valence-electron chi connectivity index (χ0n) is 8.92. The van der Waals surface area contributed by atoms with E-state index in [0.29, 0.717) is 6.07 Å². The van der Waals surface area contributed by atoms with E-state index in [0.717, 1.165) is 17.0 Å². The molecule has 1 aliphatic rings. The van der Waals surface area contributed by atoms with E-state index in [-0.39, 0.29) is 0 Å². The molecule has 1 aliphatic heterocycles. The van der Waals surface area contributed by atoms with Crippen LogP contribution in [0.3, 0.4) is 0 Å². The van der Waals surface area contributed by atoms with Crippen molar-refractivity contribution in [3.63, 3.8) is 0 Å². The lowest BCUT2D eigenvalue weighted by Gasteiger charge is -2.18. The molecular weight excluding hydrogens is 254 g/mol. The van der Waals surface area contributed by atoms with E-state index in [2.05, 4.69) is 0 Å². The summed E-state index contributed by atoms with van der Waals surface area (Å²) in [6.45, 7) is -0.392. The minimum absolute atomic E-state index is 0.392. The normalized spacial score (nSPS) is 16.6. The number of ketones is 1. The molecule has 2 rings (SSSR count). The monoisotopic (exact) mass is 261 g/mol. The first kappa shape index (κ1) is 12.5. The second kappa shape index (κ2) is 4.08. The number of hydrogen-bond acceptors (Lipinski definition) is 2. The van der Waals surface area contributed by atoms with Gasteiger partial charge in [0.2, 0.25) is 5.91 Å². The van der Waals surface area contributed by atoms with Gasteiger partial charge >= 0.3 is 6.18 Å². The van der Waals surface area contributed by atoms with Gasteiger partial charge in [-0.25, -0.2) is 4.39 Å². The van der Waals surface area contributed by atoms with Crippen molar-refractivity contribution in [1.82, 2.24) is 0 Å². The number of carbonyl (C=O) groups excluding carboxylic acids is 2. The molecule has 3 nitrogen and oxygen atoms in total. The van der Waals surface area contributed by atoms with Gasteiger partial charge in [-0.15, -0.1) is 0 Å². The van der Waals surface area contributed by atoms with Gasteiger partial charge in [0.1, 0.15) is 0 Å².